The minimum absolute atomic E-state index is 0. The van der Waals surface area contributed by atoms with Gasteiger partial charge < -0.3 is 15.7 Å². The number of rotatable bonds is 7. The van der Waals surface area contributed by atoms with Gasteiger partial charge in [0.2, 0.25) is 0 Å². The summed E-state index contributed by atoms with van der Waals surface area (Å²) >= 11 is 6.16. The number of aliphatic hydroxyl groups is 1. The summed E-state index contributed by atoms with van der Waals surface area (Å²) in [6.07, 6.45) is 0. The molecule has 0 aliphatic heterocycles. The van der Waals surface area contributed by atoms with Crippen LogP contribution >= 0.6 is 35.6 Å². The van der Waals surface area contributed by atoms with Gasteiger partial charge >= 0.3 is 0 Å². The summed E-state index contributed by atoms with van der Waals surface area (Å²) in [6, 6.07) is 4.45. The average Bonchev–Trinajstić information content (AvgIpc) is 2.49. The van der Waals surface area contributed by atoms with Crippen LogP contribution in [0.2, 0.25) is 5.02 Å². The maximum absolute atomic E-state index is 13.2. The Kier molecular flexibility index (Phi) is 10.8. The van der Waals surface area contributed by atoms with E-state index in [9.17, 15) is 4.39 Å². The topological polar surface area (TPSA) is 56.7 Å². The highest BCUT2D eigenvalue weighted by molar-refractivity contribution is 14.0. The van der Waals surface area contributed by atoms with Crippen molar-refractivity contribution in [2.45, 2.75) is 33.1 Å². The first kappa shape index (κ1) is 23.4. The fourth-order valence-electron chi connectivity index (χ4n) is 2.08. The van der Waals surface area contributed by atoms with Crippen molar-refractivity contribution in [3.8, 4) is 0 Å². The zero-order chi connectivity index (χ0) is 17.5. The summed E-state index contributed by atoms with van der Waals surface area (Å²) in [5.41, 5.74) is 0.541. The maximum Gasteiger partial charge on any atom is 0.191 e. The molecule has 0 radical (unpaired) electrons. The van der Waals surface area contributed by atoms with Crippen LogP contribution in [0.1, 0.15) is 33.3 Å². The Bertz CT molecular complexity index is 541. The highest BCUT2D eigenvalue weighted by Gasteiger charge is 2.23. The number of nitrogens with zero attached hydrogens (tertiary/aromatic N) is 1. The van der Waals surface area contributed by atoms with Crippen molar-refractivity contribution in [1.82, 2.24) is 10.6 Å². The zero-order valence-corrected chi connectivity index (χ0v) is 17.8. The molecule has 0 spiro atoms. The molecule has 0 aromatic heterocycles. The first-order valence-corrected chi connectivity index (χ1v) is 8.26. The summed E-state index contributed by atoms with van der Waals surface area (Å²) in [5, 5.41) is 15.9. The summed E-state index contributed by atoms with van der Waals surface area (Å²) in [7, 11) is 0. The summed E-state index contributed by atoms with van der Waals surface area (Å²) < 4.78 is 13.2. The minimum atomic E-state index is -0.342. The Labute approximate surface area is 166 Å². The van der Waals surface area contributed by atoms with E-state index in [1.807, 2.05) is 27.7 Å². The molecular formula is C17H28ClFIN3O. The van der Waals surface area contributed by atoms with Gasteiger partial charge in [0.25, 0.3) is 0 Å². The van der Waals surface area contributed by atoms with Crippen LogP contribution in [0.3, 0.4) is 0 Å². The number of hydrogen-bond acceptors (Lipinski definition) is 2. The van der Waals surface area contributed by atoms with Gasteiger partial charge in [-0.3, -0.25) is 4.99 Å². The van der Waals surface area contributed by atoms with E-state index in [1.165, 1.54) is 12.1 Å². The fraction of sp³-hybridized carbons (Fsp3) is 0.588. The summed E-state index contributed by atoms with van der Waals surface area (Å²) in [5.74, 6) is 0.503. The van der Waals surface area contributed by atoms with Gasteiger partial charge in [-0.2, -0.15) is 0 Å². The number of aliphatic hydroxyl groups excluding tert-OH is 1. The van der Waals surface area contributed by atoms with Gasteiger partial charge in [-0.1, -0.05) is 38.4 Å². The van der Waals surface area contributed by atoms with Crippen LogP contribution in [0.25, 0.3) is 0 Å². The highest BCUT2D eigenvalue weighted by Crippen LogP contribution is 2.30. The Morgan fingerprint density at radius 2 is 2.04 bits per heavy atom. The lowest BCUT2D eigenvalue weighted by molar-refractivity contribution is 0.238. The lowest BCUT2D eigenvalue weighted by Crippen LogP contribution is -2.40. The molecular weight excluding hydrogens is 444 g/mol. The van der Waals surface area contributed by atoms with E-state index < -0.39 is 0 Å². The van der Waals surface area contributed by atoms with Gasteiger partial charge in [-0.15, -0.1) is 24.0 Å². The van der Waals surface area contributed by atoms with E-state index in [1.54, 1.807) is 6.07 Å². The lowest BCUT2D eigenvalue weighted by atomic mass is 9.84. The molecule has 1 rings (SSSR count). The fourth-order valence-corrected chi connectivity index (χ4v) is 2.50. The third kappa shape index (κ3) is 7.53. The van der Waals surface area contributed by atoms with Crippen molar-refractivity contribution in [2.75, 3.05) is 26.2 Å². The molecule has 0 bridgehead atoms. The van der Waals surface area contributed by atoms with Crippen LogP contribution in [0.15, 0.2) is 23.2 Å². The van der Waals surface area contributed by atoms with E-state index in [4.69, 9.17) is 16.7 Å². The highest BCUT2D eigenvalue weighted by atomic mass is 127. The second-order valence-corrected chi connectivity index (χ2v) is 6.78. The van der Waals surface area contributed by atoms with Crippen LogP contribution < -0.4 is 10.6 Å². The Morgan fingerprint density at radius 1 is 1.38 bits per heavy atom. The van der Waals surface area contributed by atoms with Gasteiger partial charge in [0.1, 0.15) is 5.82 Å². The lowest BCUT2D eigenvalue weighted by Gasteiger charge is -2.25. The first-order chi connectivity index (χ1) is 10.8. The monoisotopic (exact) mass is 471 g/mol. The molecule has 24 heavy (non-hydrogen) atoms. The molecule has 0 fully saturated rings. The second kappa shape index (κ2) is 11.1. The predicted molar refractivity (Wildman–Crippen MR) is 110 cm³/mol. The zero-order valence-electron chi connectivity index (χ0n) is 14.7. The SMILES string of the molecule is CCNC(=NCC(C)(C)c1ccc(F)cc1Cl)NCC(C)CO.I. The summed E-state index contributed by atoms with van der Waals surface area (Å²) in [4.78, 5) is 4.59. The largest absolute Gasteiger partial charge is 0.396 e. The third-order valence-corrected chi connectivity index (χ3v) is 3.88. The number of benzene rings is 1. The van der Waals surface area contributed by atoms with Crippen molar-refractivity contribution >= 4 is 41.5 Å². The average molecular weight is 472 g/mol. The molecule has 1 aromatic carbocycles. The molecule has 1 atom stereocenters. The van der Waals surface area contributed by atoms with Crippen LogP contribution in [-0.2, 0) is 5.41 Å². The predicted octanol–water partition coefficient (Wildman–Crippen LogP) is 3.56. The maximum atomic E-state index is 13.2. The molecule has 138 valence electrons. The van der Waals surface area contributed by atoms with Crippen molar-refractivity contribution in [2.24, 2.45) is 10.9 Å². The normalized spacial score (nSPS) is 13.2. The second-order valence-electron chi connectivity index (χ2n) is 6.37. The first-order valence-electron chi connectivity index (χ1n) is 7.88. The standard InChI is InChI=1S/C17H27ClFN3O.HI/c1-5-20-16(21-9-12(2)10-23)22-11-17(3,4)14-7-6-13(19)8-15(14)18;/h6-8,12,23H,5,9-11H2,1-4H3,(H2,20,21,22);1H. The summed E-state index contributed by atoms with van der Waals surface area (Å²) in [6.45, 7) is 10.0. The molecule has 0 saturated carbocycles. The third-order valence-electron chi connectivity index (χ3n) is 3.57. The van der Waals surface area contributed by atoms with E-state index in [0.29, 0.717) is 24.1 Å². The molecule has 4 nitrogen and oxygen atoms in total. The van der Waals surface area contributed by atoms with E-state index >= 15 is 0 Å². The molecule has 1 aromatic rings. The van der Waals surface area contributed by atoms with Gasteiger partial charge in [-0.05, 0) is 30.5 Å². The minimum Gasteiger partial charge on any atom is -0.396 e. The smallest absolute Gasteiger partial charge is 0.191 e. The molecule has 0 aliphatic carbocycles. The van der Waals surface area contributed by atoms with Crippen molar-refractivity contribution < 1.29 is 9.50 Å². The number of hydrogen-bond donors (Lipinski definition) is 3. The van der Waals surface area contributed by atoms with Gasteiger partial charge in [0, 0.05) is 30.1 Å². The number of nitrogens with one attached hydrogen (secondary N) is 2. The Balaban J connectivity index is 0.00000529. The Hall–Kier alpha value is -0.600. The van der Waals surface area contributed by atoms with Crippen LogP contribution in [-0.4, -0.2) is 37.3 Å². The van der Waals surface area contributed by atoms with Gasteiger partial charge in [-0.25, -0.2) is 4.39 Å². The number of guanidine groups is 1. The van der Waals surface area contributed by atoms with E-state index in [-0.39, 0.29) is 47.7 Å². The van der Waals surface area contributed by atoms with Gasteiger partial charge in [0.15, 0.2) is 5.96 Å². The molecule has 7 heteroatoms. The van der Waals surface area contributed by atoms with Crippen molar-refractivity contribution in [3.63, 3.8) is 0 Å². The van der Waals surface area contributed by atoms with E-state index in [0.717, 1.165) is 12.1 Å². The quantitative estimate of drug-likeness (QED) is 0.324. The molecule has 0 saturated heterocycles. The molecule has 0 heterocycles. The van der Waals surface area contributed by atoms with Crippen LogP contribution in [0, 0.1) is 11.7 Å². The van der Waals surface area contributed by atoms with Crippen LogP contribution in [0.4, 0.5) is 4.39 Å². The Morgan fingerprint density at radius 3 is 2.58 bits per heavy atom. The van der Waals surface area contributed by atoms with E-state index in [2.05, 4.69) is 15.6 Å². The molecule has 3 N–H and O–H groups in total. The van der Waals surface area contributed by atoms with Gasteiger partial charge in [0.05, 0.1) is 6.54 Å². The van der Waals surface area contributed by atoms with Crippen molar-refractivity contribution in [3.05, 3.63) is 34.6 Å². The van der Waals surface area contributed by atoms with Crippen LogP contribution in [0.5, 0.6) is 0 Å². The molecule has 0 amide bonds. The van der Waals surface area contributed by atoms with Crippen molar-refractivity contribution in [1.29, 1.82) is 0 Å². The number of aliphatic imine (C=N–C) groups is 1. The number of halogens is 3. The molecule has 1 unspecified atom stereocenters. The molecule has 0 aliphatic rings.